The molecule has 30 heavy (non-hydrogen) atoms. The number of benzene rings is 3. The Morgan fingerprint density at radius 3 is 2.50 bits per heavy atom. The Hall–Kier alpha value is -2.90. The van der Waals surface area contributed by atoms with Gasteiger partial charge in [-0.1, -0.05) is 48.0 Å². The van der Waals surface area contributed by atoms with Gasteiger partial charge in [-0.25, -0.2) is 13.1 Å². The molecule has 0 aliphatic heterocycles. The molecule has 0 aliphatic rings. The molecule has 0 saturated carbocycles. The van der Waals surface area contributed by atoms with Gasteiger partial charge in [0, 0.05) is 32.1 Å². The summed E-state index contributed by atoms with van der Waals surface area (Å²) in [5, 5.41) is 1.82. The molecule has 7 heteroatoms. The van der Waals surface area contributed by atoms with Crippen LogP contribution in [0.1, 0.15) is 17.5 Å². The summed E-state index contributed by atoms with van der Waals surface area (Å²) >= 11 is 0. The largest absolute Gasteiger partial charge is 0.496 e. The van der Waals surface area contributed by atoms with Gasteiger partial charge in [0.25, 0.3) is 0 Å². The van der Waals surface area contributed by atoms with Crippen LogP contribution in [-0.4, -0.2) is 39.9 Å². The number of hydrogen-bond donors (Lipinski definition) is 1. The van der Waals surface area contributed by atoms with Crippen LogP contribution < -0.4 is 9.46 Å². The lowest BCUT2D eigenvalue weighted by molar-refractivity contribution is -0.130. The Bertz CT molecular complexity index is 1160. The summed E-state index contributed by atoms with van der Waals surface area (Å²) in [4.78, 5) is 14.2. The van der Waals surface area contributed by atoms with Crippen molar-refractivity contribution in [3.63, 3.8) is 0 Å². The Kier molecular flexibility index (Phi) is 6.74. The molecule has 1 amide bonds. The van der Waals surface area contributed by atoms with E-state index in [4.69, 9.17) is 4.74 Å². The number of nitrogens with zero attached hydrogens (tertiary/aromatic N) is 1. The van der Waals surface area contributed by atoms with E-state index in [2.05, 4.69) is 4.72 Å². The maximum atomic E-state index is 12.6. The first-order valence-electron chi connectivity index (χ1n) is 9.66. The lowest BCUT2D eigenvalue weighted by atomic mass is 10.1. The Balaban J connectivity index is 1.59. The van der Waals surface area contributed by atoms with Crippen molar-refractivity contribution in [2.45, 2.75) is 24.8 Å². The van der Waals surface area contributed by atoms with Crippen molar-refractivity contribution < 1.29 is 17.9 Å². The number of carbonyl (C=O) groups is 1. The van der Waals surface area contributed by atoms with Crippen LogP contribution in [0, 0.1) is 6.92 Å². The minimum absolute atomic E-state index is 0.0310. The van der Waals surface area contributed by atoms with Crippen molar-refractivity contribution in [2.24, 2.45) is 0 Å². The number of carbonyl (C=O) groups excluding carboxylic acids is 1. The van der Waals surface area contributed by atoms with E-state index in [0.717, 1.165) is 27.6 Å². The van der Waals surface area contributed by atoms with E-state index in [9.17, 15) is 13.2 Å². The standard InChI is InChI=1S/C23H26N2O4S/c1-17-8-11-22(29-3)20(14-17)16-25(2)23(26)12-13-24-30(27,28)21-10-9-18-6-4-5-7-19(18)15-21/h4-11,14-15,24H,12-13,16H2,1-3H3. The zero-order chi connectivity index (χ0) is 21.7. The summed E-state index contributed by atoms with van der Waals surface area (Å²) in [6.07, 6.45) is 0.0669. The Morgan fingerprint density at radius 2 is 1.77 bits per heavy atom. The highest BCUT2D eigenvalue weighted by Gasteiger charge is 2.17. The maximum Gasteiger partial charge on any atom is 0.240 e. The third-order valence-electron chi connectivity index (χ3n) is 4.93. The molecular formula is C23H26N2O4S. The van der Waals surface area contributed by atoms with Crippen molar-refractivity contribution >= 4 is 26.7 Å². The average Bonchev–Trinajstić information content (AvgIpc) is 2.73. The number of rotatable bonds is 8. The van der Waals surface area contributed by atoms with Crippen LogP contribution in [0.25, 0.3) is 10.8 Å². The summed E-state index contributed by atoms with van der Waals surface area (Å²) in [6.45, 7) is 2.40. The molecule has 6 nitrogen and oxygen atoms in total. The van der Waals surface area contributed by atoms with E-state index >= 15 is 0 Å². The number of aryl methyl sites for hydroxylation is 1. The molecule has 0 aromatic heterocycles. The molecule has 3 aromatic carbocycles. The molecule has 0 radical (unpaired) electrons. The summed E-state index contributed by atoms with van der Waals surface area (Å²) in [5.41, 5.74) is 1.99. The second kappa shape index (κ2) is 9.28. The molecule has 0 aliphatic carbocycles. The third kappa shape index (κ3) is 5.17. The number of ether oxygens (including phenoxy) is 1. The Morgan fingerprint density at radius 1 is 1.03 bits per heavy atom. The summed E-state index contributed by atoms with van der Waals surface area (Å²) in [7, 11) is -0.398. The van der Waals surface area contributed by atoms with Crippen LogP contribution in [0.2, 0.25) is 0 Å². The fourth-order valence-corrected chi connectivity index (χ4v) is 4.34. The van der Waals surface area contributed by atoms with Gasteiger partial charge in [0.05, 0.1) is 12.0 Å². The second-order valence-electron chi connectivity index (χ2n) is 7.22. The monoisotopic (exact) mass is 426 g/mol. The van der Waals surface area contributed by atoms with E-state index < -0.39 is 10.0 Å². The van der Waals surface area contributed by atoms with Gasteiger partial charge >= 0.3 is 0 Å². The fraction of sp³-hybridized carbons (Fsp3) is 0.261. The fourth-order valence-electron chi connectivity index (χ4n) is 3.28. The van der Waals surface area contributed by atoms with E-state index in [0.29, 0.717) is 6.54 Å². The van der Waals surface area contributed by atoms with Crippen molar-refractivity contribution in [2.75, 3.05) is 20.7 Å². The molecule has 1 N–H and O–H groups in total. The van der Waals surface area contributed by atoms with E-state index in [1.807, 2.05) is 49.4 Å². The zero-order valence-electron chi connectivity index (χ0n) is 17.4. The minimum Gasteiger partial charge on any atom is -0.496 e. The van der Waals surface area contributed by atoms with Gasteiger partial charge in [0.15, 0.2) is 0 Å². The molecule has 0 heterocycles. The smallest absolute Gasteiger partial charge is 0.240 e. The van der Waals surface area contributed by atoms with Gasteiger partial charge in [-0.3, -0.25) is 4.79 Å². The minimum atomic E-state index is -3.69. The first-order valence-corrected chi connectivity index (χ1v) is 11.1. The molecule has 0 saturated heterocycles. The molecule has 0 spiro atoms. The van der Waals surface area contributed by atoms with Gasteiger partial charge in [-0.2, -0.15) is 0 Å². The maximum absolute atomic E-state index is 12.6. The van der Waals surface area contributed by atoms with Gasteiger partial charge in [0.2, 0.25) is 15.9 Å². The molecule has 3 aromatic rings. The van der Waals surface area contributed by atoms with Gasteiger partial charge < -0.3 is 9.64 Å². The molecule has 3 rings (SSSR count). The first kappa shape index (κ1) is 21.8. The molecule has 0 fully saturated rings. The van der Waals surface area contributed by atoms with Gasteiger partial charge in [-0.05, 0) is 35.9 Å². The highest BCUT2D eigenvalue weighted by Crippen LogP contribution is 2.21. The predicted molar refractivity (Wildman–Crippen MR) is 118 cm³/mol. The molecular weight excluding hydrogens is 400 g/mol. The van der Waals surface area contributed by atoms with Crippen LogP contribution in [0.15, 0.2) is 65.6 Å². The normalized spacial score (nSPS) is 11.4. The van der Waals surface area contributed by atoms with Crippen LogP contribution in [0.3, 0.4) is 0 Å². The van der Waals surface area contributed by atoms with Crippen molar-refractivity contribution in [1.29, 1.82) is 0 Å². The summed E-state index contributed by atoms with van der Waals surface area (Å²) < 4.78 is 33.1. The van der Waals surface area contributed by atoms with Crippen LogP contribution in [-0.2, 0) is 21.4 Å². The second-order valence-corrected chi connectivity index (χ2v) is 8.99. The first-order chi connectivity index (χ1) is 14.3. The van der Waals surface area contributed by atoms with E-state index in [1.54, 1.807) is 37.3 Å². The zero-order valence-corrected chi connectivity index (χ0v) is 18.2. The number of fused-ring (bicyclic) bond motifs is 1. The van der Waals surface area contributed by atoms with Crippen molar-refractivity contribution in [3.8, 4) is 5.75 Å². The number of nitrogens with one attached hydrogen (secondary N) is 1. The number of hydrogen-bond acceptors (Lipinski definition) is 4. The predicted octanol–water partition coefficient (Wildman–Crippen LogP) is 3.48. The topological polar surface area (TPSA) is 75.7 Å². The van der Waals surface area contributed by atoms with Gasteiger partial charge in [-0.15, -0.1) is 0 Å². The van der Waals surface area contributed by atoms with E-state index in [1.165, 1.54) is 0 Å². The number of methoxy groups -OCH3 is 1. The van der Waals surface area contributed by atoms with Crippen LogP contribution in [0.4, 0.5) is 0 Å². The molecule has 0 bridgehead atoms. The molecule has 158 valence electrons. The average molecular weight is 427 g/mol. The van der Waals surface area contributed by atoms with E-state index in [-0.39, 0.29) is 23.8 Å². The molecule has 0 unspecified atom stereocenters. The number of amides is 1. The van der Waals surface area contributed by atoms with Crippen molar-refractivity contribution in [3.05, 3.63) is 71.8 Å². The quantitative estimate of drug-likeness (QED) is 0.598. The van der Waals surface area contributed by atoms with Crippen LogP contribution in [0.5, 0.6) is 5.75 Å². The SMILES string of the molecule is COc1ccc(C)cc1CN(C)C(=O)CCNS(=O)(=O)c1ccc2ccccc2c1. The molecule has 0 atom stereocenters. The Labute approximate surface area is 177 Å². The van der Waals surface area contributed by atoms with Crippen LogP contribution >= 0.6 is 0 Å². The highest BCUT2D eigenvalue weighted by molar-refractivity contribution is 7.89. The summed E-state index contributed by atoms with van der Waals surface area (Å²) in [5.74, 6) is 0.567. The number of sulfonamides is 1. The van der Waals surface area contributed by atoms with Gasteiger partial charge in [0.1, 0.15) is 5.75 Å². The lowest BCUT2D eigenvalue weighted by Gasteiger charge is -2.19. The summed E-state index contributed by atoms with van der Waals surface area (Å²) in [6, 6.07) is 18.4. The highest BCUT2D eigenvalue weighted by atomic mass is 32.2. The third-order valence-corrected chi connectivity index (χ3v) is 6.39. The van der Waals surface area contributed by atoms with Crippen molar-refractivity contribution in [1.82, 2.24) is 9.62 Å². The lowest BCUT2D eigenvalue weighted by Crippen LogP contribution is -2.32.